The van der Waals surface area contributed by atoms with E-state index in [1.807, 2.05) is 7.05 Å². The highest BCUT2D eigenvalue weighted by molar-refractivity contribution is 5.77. The monoisotopic (exact) mass is 224 g/mol. The largest absolute Gasteiger partial charge is 0.368 e. The van der Waals surface area contributed by atoms with E-state index in [-0.39, 0.29) is 11.9 Å². The van der Waals surface area contributed by atoms with Gasteiger partial charge in [-0.2, -0.15) is 15.0 Å². The van der Waals surface area contributed by atoms with Gasteiger partial charge in [-0.15, -0.1) is 0 Å². The predicted octanol–water partition coefficient (Wildman–Crippen LogP) is -0.417. The Kier molecular flexibility index (Phi) is 3.98. The molecule has 2 rings (SSSR count). The summed E-state index contributed by atoms with van der Waals surface area (Å²) in [5, 5.41) is 0. The molecule has 4 N–H and O–H groups in total. The molecule has 1 aliphatic rings. The molecule has 88 valence electrons. The van der Waals surface area contributed by atoms with E-state index >= 15 is 0 Å². The third kappa shape index (κ3) is 3.68. The molecule has 0 saturated carbocycles. The number of rotatable bonds is 0. The number of nitrogens with zero attached hydrogens (tertiary/aromatic N) is 4. The quantitative estimate of drug-likeness (QED) is 0.619. The number of aromatic nitrogens is 3. The number of aryl methyl sites for hydroxylation is 1. The van der Waals surface area contributed by atoms with E-state index in [4.69, 9.17) is 11.5 Å². The lowest BCUT2D eigenvalue weighted by Crippen LogP contribution is -2.17. The molecule has 0 radical (unpaired) electrons. The molecule has 1 amide bonds. The summed E-state index contributed by atoms with van der Waals surface area (Å²) in [4.78, 5) is 23.3. The first kappa shape index (κ1) is 12.2. The van der Waals surface area contributed by atoms with Crippen molar-refractivity contribution in [3.05, 3.63) is 5.82 Å². The fraction of sp³-hybridized carbons (Fsp3) is 0.556. The number of hydrogen-bond donors (Lipinski definition) is 2. The maximum atomic E-state index is 10.5. The zero-order chi connectivity index (χ0) is 12.1. The van der Waals surface area contributed by atoms with Crippen LogP contribution in [0.25, 0.3) is 0 Å². The predicted molar refractivity (Wildman–Crippen MR) is 60.3 cm³/mol. The molecule has 1 saturated heterocycles. The Morgan fingerprint density at radius 1 is 1.19 bits per heavy atom. The molecule has 1 fully saturated rings. The molecule has 7 nitrogen and oxygen atoms in total. The molecule has 0 unspecified atom stereocenters. The number of carbonyl (C=O) groups is 1. The molecule has 1 aromatic heterocycles. The molecule has 0 aromatic carbocycles. The summed E-state index contributed by atoms with van der Waals surface area (Å²) in [6.45, 7) is 2.66. The summed E-state index contributed by atoms with van der Waals surface area (Å²) < 4.78 is 0. The van der Waals surface area contributed by atoms with Crippen molar-refractivity contribution in [3.63, 3.8) is 0 Å². The van der Waals surface area contributed by atoms with Gasteiger partial charge in [-0.05, 0) is 13.3 Å². The molecule has 1 aliphatic heterocycles. The Bertz CT molecular complexity index is 330. The van der Waals surface area contributed by atoms with E-state index in [9.17, 15) is 4.79 Å². The molecule has 16 heavy (non-hydrogen) atoms. The highest BCUT2D eigenvalue weighted by Crippen LogP contribution is 2.04. The van der Waals surface area contributed by atoms with Crippen LogP contribution in [-0.4, -0.2) is 39.4 Å². The van der Waals surface area contributed by atoms with Gasteiger partial charge in [0, 0.05) is 20.0 Å². The Labute approximate surface area is 93.9 Å². The van der Waals surface area contributed by atoms with E-state index in [2.05, 4.69) is 15.0 Å². The Morgan fingerprint density at radius 3 is 2.00 bits per heavy atom. The molecule has 0 atom stereocenters. The fourth-order valence-corrected chi connectivity index (χ4v) is 1.31. The third-order valence-electron chi connectivity index (χ3n) is 2.09. The van der Waals surface area contributed by atoms with E-state index in [1.165, 1.54) is 0 Å². The SMILES string of the molecule is CN1CCCC1=O.Cc1nc(N)nc(N)n1. The summed E-state index contributed by atoms with van der Waals surface area (Å²) in [7, 11) is 1.84. The van der Waals surface area contributed by atoms with E-state index in [1.54, 1.807) is 11.8 Å². The summed E-state index contributed by atoms with van der Waals surface area (Å²) in [6, 6.07) is 0. The van der Waals surface area contributed by atoms with Gasteiger partial charge in [-0.3, -0.25) is 4.79 Å². The van der Waals surface area contributed by atoms with Crippen molar-refractivity contribution in [1.82, 2.24) is 19.9 Å². The third-order valence-corrected chi connectivity index (χ3v) is 2.09. The summed E-state index contributed by atoms with van der Waals surface area (Å²) in [5.74, 6) is 1.17. The van der Waals surface area contributed by atoms with Crippen molar-refractivity contribution in [2.45, 2.75) is 19.8 Å². The first-order valence-corrected chi connectivity index (χ1v) is 4.96. The van der Waals surface area contributed by atoms with Crippen LogP contribution in [0.5, 0.6) is 0 Å². The van der Waals surface area contributed by atoms with Crippen molar-refractivity contribution >= 4 is 17.8 Å². The lowest BCUT2D eigenvalue weighted by atomic mass is 10.4. The van der Waals surface area contributed by atoms with Gasteiger partial charge < -0.3 is 16.4 Å². The zero-order valence-electron chi connectivity index (χ0n) is 9.47. The van der Waals surface area contributed by atoms with E-state index in [0.29, 0.717) is 11.7 Å². The molecule has 7 heteroatoms. The number of likely N-dealkylation sites (tertiary alicyclic amines) is 1. The Balaban J connectivity index is 0.000000165. The normalized spacial score (nSPS) is 14.6. The molecule has 0 spiro atoms. The second-order valence-corrected chi connectivity index (χ2v) is 3.52. The van der Waals surface area contributed by atoms with Crippen LogP contribution >= 0.6 is 0 Å². The van der Waals surface area contributed by atoms with Crippen LogP contribution in [0, 0.1) is 6.92 Å². The number of hydrogen-bond acceptors (Lipinski definition) is 6. The molecule has 0 bridgehead atoms. The van der Waals surface area contributed by atoms with Crippen molar-refractivity contribution in [1.29, 1.82) is 0 Å². The lowest BCUT2D eigenvalue weighted by Gasteiger charge is -2.03. The van der Waals surface area contributed by atoms with Crippen LogP contribution in [0.2, 0.25) is 0 Å². The average molecular weight is 224 g/mol. The summed E-state index contributed by atoms with van der Waals surface area (Å²) in [5.41, 5.74) is 10.4. The van der Waals surface area contributed by atoms with Crippen molar-refractivity contribution < 1.29 is 4.79 Å². The van der Waals surface area contributed by atoms with Crippen molar-refractivity contribution in [2.24, 2.45) is 0 Å². The van der Waals surface area contributed by atoms with Crippen LogP contribution in [0.4, 0.5) is 11.9 Å². The summed E-state index contributed by atoms with van der Waals surface area (Å²) in [6.07, 6.45) is 1.81. The standard InChI is InChI=1S/C5H9NO.C4H7N5/c1-6-4-2-3-5(6)7;1-2-7-3(5)9-4(6)8-2/h2-4H2,1H3;1H3,(H4,5,6,7,8,9). The van der Waals surface area contributed by atoms with Gasteiger partial charge in [0.2, 0.25) is 17.8 Å². The van der Waals surface area contributed by atoms with Crippen molar-refractivity contribution in [3.8, 4) is 0 Å². The second kappa shape index (κ2) is 5.24. The Hall–Kier alpha value is -1.92. The highest BCUT2D eigenvalue weighted by atomic mass is 16.2. The van der Waals surface area contributed by atoms with E-state index < -0.39 is 0 Å². The molecule has 0 aliphatic carbocycles. The molecular formula is C9H16N6O. The van der Waals surface area contributed by atoms with Gasteiger partial charge in [-0.1, -0.05) is 0 Å². The highest BCUT2D eigenvalue weighted by Gasteiger charge is 2.14. The zero-order valence-corrected chi connectivity index (χ0v) is 9.47. The number of carbonyl (C=O) groups excluding carboxylic acids is 1. The minimum atomic E-state index is 0.167. The average Bonchev–Trinajstić information content (AvgIpc) is 2.49. The van der Waals surface area contributed by atoms with E-state index in [0.717, 1.165) is 19.4 Å². The second-order valence-electron chi connectivity index (χ2n) is 3.52. The maximum Gasteiger partial charge on any atom is 0.225 e. The van der Waals surface area contributed by atoms with Crippen LogP contribution in [-0.2, 0) is 4.79 Å². The van der Waals surface area contributed by atoms with Gasteiger partial charge in [0.1, 0.15) is 5.82 Å². The van der Waals surface area contributed by atoms with Gasteiger partial charge in [0.15, 0.2) is 0 Å². The van der Waals surface area contributed by atoms with Gasteiger partial charge in [-0.25, -0.2) is 0 Å². The molecule has 1 aromatic rings. The smallest absolute Gasteiger partial charge is 0.225 e. The number of anilines is 2. The van der Waals surface area contributed by atoms with Gasteiger partial charge in [0.05, 0.1) is 0 Å². The van der Waals surface area contributed by atoms with Crippen LogP contribution in [0.15, 0.2) is 0 Å². The fourth-order valence-electron chi connectivity index (χ4n) is 1.31. The number of amides is 1. The van der Waals surface area contributed by atoms with Gasteiger partial charge >= 0.3 is 0 Å². The summed E-state index contributed by atoms with van der Waals surface area (Å²) >= 11 is 0. The van der Waals surface area contributed by atoms with Gasteiger partial charge in [0.25, 0.3) is 0 Å². The minimum absolute atomic E-state index is 0.167. The Morgan fingerprint density at radius 2 is 1.75 bits per heavy atom. The molecular weight excluding hydrogens is 208 g/mol. The number of nitrogen functional groups attached to an aromatic ring is 2. The lowest BCUT2D eigenvalue weighted by molar-refractivity contribution is -0.126. The topological polar surface area (TPSA) is 111 Å². The van der Waals surface area contributed by atoms with Crippen LogP contribution in [0.1, 0.15) is 18.7 Å². The molecule has 2 heterocycles. The van der Waals surface area contributed by atoms with Crippen LogP contribution in [0.3, 0.4) is 0 Å². The first-order chi connectivity index (χ1) is 7.49. The first-order valence-electron chi connectivity index (χ1n) is 4.96. The maximum absolute atomic E-state index is 10.5. The minimum Gasteiger partial charge on any atom is -0.368 e. The number of nitrogens with two attached hydrogens (primary N) is 2. The van der Waals surface area contributed by atoms with Crippen molar-refractivity contribution in [2.75, 3.05) is 25.1 Å². The van der Waals surface area contributed by atoms with Crippen LogP contribution < -0.4 is 11.5 Å².